The molecule has 1 aliphatic heterocycles. The van der Waals surface area contributed by atoms with E-state index < -0.39 is 12.5 Å². The Balaban J connectivity index is 1.79. The number of aromatic nitrogens is 3. The van der Waals surface area contributed by atoms with Gasteiger partial charge in [0.15, 0.2) is 5.65 Å². The monoisotopic (exact) mass is 560 g/mol. The summed E-state index contributed by atoms with van der Waals surface area (Å²) in [7, 11) is 0. The van der Waals surface area contributed by atoms with Crippen LogP contribution in [0.2, 0.25) is 0 Å². The molecule has 0 aliphatic carbocycles. The predicted molar refractivity (Wildman–Crippen MR) is 119 cm³/mol. The summed E-state index contributed by atoms with van der Waals surface area (Å²) >= 11 is 2.19. The van der Waals surface area contributed by atoms with Gasteiger partial charge in [-0.1, -0.05) is 20.8 Å². The van der Waals surface area contributed by atoms with Crippen molar-refractivity contribution >= 4 is 39.7 Å². The number of ether oxygens (including phenoxy) is 1. The molecule has 170 valence electrons. The number of hydrogen-bond acceptors (Lipinski definition) is 4. The molecule has 1 aromatic carbocycles. The Morgan fingerprint density at radius 2 is 1.84 bits per heavy atom. The molecule has 2 aromatic heterocycles. The van der Waals surface area contributed by atoms with Gasteiger partial charge in [-0.25, -0.2) is 14.5 Å². The Kier molecular flexibility index (Phi) is 5.50. The number of halogens is 4. The number of nitrogens with zero attached hydrogens (tertiary/aromatic N) is 4. The van der Waals surface area contributed by atoms with Gasteiger partial charge in [-0.05, 0) is 58.3 Å². The van der Waals surface area contributed by atoms with E-state index in [0.717, 1.165) is 14.7 Å². The Bertz CT molecular complexity index is 1170. The summed E-state index contributed by atoms with van der Waals surface area (Å²) in [5, 5.41) is 15.2. The molecule has 2 atom stereocenters. The van der Waals surface area contributed by atoms with E-state index in [2.05, 4.69) is 32.3 Å². The lowest BCUT2D eigenvalue weighted by Gasteiger charge is -2.52. The maximum Gasteiger partial charge on any atom is 0.573 e. The molecule has 0 bridgehead atoms. The standard InChI is InChI=1S/C21H20F3IN4O3/c1-20(2,3)17-13(10-28(17)19(30)31)16-15-14(25)8-9-26-18(15)29(27-16)11-4-6-12(7-5-11)32-21(22,23)24/h4-9,13,17H,10H2,1-3H3,(H,30,31). The molecule has 1 aliphatic rings. The molecule has 11 heteroatoms. The number of alkyl halides is 3. The van der Waals surface area contributed by atoms with Crippen LogP contribution in [-0.2, 0) is 0 Å². The maximum absolute atomic E-state index is 12.5. The first-order valence-corrected chi connectivity index (χ1v) is 10.8. The first-order valence-electron chi connectivity index (χ1n) is 9.75. The zero-order valence-electron chi connectivity index (χ0n) is 17.4. The highest BCUT2D eigenvalue weighted by Gasteiger charge is 2.50. The van der Waals surface area contributed by atoms with Crippen LogP contribution in [0.4, 0.5) is 18.0 Å². The van der Waals surface area contributed by atoms with E-state index in [9.17, 15) is 23.1 Å². The second-order valence-electron chi connectivity index (χ2n) is 8.68. The summed E-state index contributed by atoms with van der Waals surface area (Å²) in [4.78, 5) is 17.6. The number of benzene rings is 1. The van der Waals surface area contributed by atoms with E-state index in [1.54, 1.807) is 10.9 Å². The zero-order valence-corrected chi connectivity index (χ0v) is 19.5. The van der Waals surface area contributed by atoms with Crippen LogP contribution in [0.5, 0.6) is 5.75 Å². The van der Waals surface area contributed by atoms with E-state index in [4.69, 9.17) is 5.10 Å². The maximum atomic E-state index is 12.5. The highest BCUT2D eigenvalue weighted by atomic mass is 127. The van der Waals surface area contributed by atoms with Gasteiger partial charge in [0.25, 0.3) is 0 Å². The minimum absolute atomic E-state index is 0.139. The van der Waals surface area contributed by atoms with Crippen molar-refractivity contribution in [3.05, 3.63) is 45.8 Å². The fraction of sp³-hybridized carbons (Fsp3) is 0.381. The molecule has 1 amide bonds. The Hall–Kier alpha value is -2.57. The molecular weight excluding hydrogens is 540 g/mol. The van der Waals surface area contributed by atoms with Crippen LogP contribution in [0, 0.1) is 8.99 Å². The molecule has 0 radical (unpaired) electrons. The van der Waals surface area contributed by atoms with Crippen LogP contribution < -0.4 is 4.74 Å². The second kappa shape index (κ2) is 7.78. The van der Waals surface area contributed by atoms with Crippen molar-refractivity contribution in [2.45, 2.75) is 39.1 Å². The van der Waals surface area contributed by atoms with Crippen molar-refractivity contribution in [1.82, 2.24) is 19.7 Å². The molecule has 2 unspecified atom stereocenters. The number of fused-ring (bicyclic) bond motifs is 1. The molecule has 1 N–H and O–H groups in total. The van der Waals surface area contributed by atoms with Gasteiger partial charge in [-0.2, -0.15) is 5.10 Å². The third-order valence-electron chi connectivity index (χ3n) is 5.45. The molecule has 4 rings (SSSR count). The number of amides is 1. The molecule has 0 saturated carbocycles. The fourth-order valence-corrected chi connectivity index (χ4v) is 4.95. The van der Waals surface area contributed by atoms with Gasteiger partial charge < -0.3 is 14.7 Å². The van der Waals surface area contributed by atoms with Crippen LogP contribution in [0.1, 0.15) is 32.4 Å². The van der Waals surface area contributed by atoms with Gasteiger partial charge in [-0.15, -0.1) is 13.2 Å². The van der Waals surface area contributed by atoms with Crippen molar-refractivity contribution in [3.63, 3.8) is 0 Å². The van der Waals surface area contributed by atoms with Gasteiger partial charge in [0.2, 0.25) is 0 Å². The second-order valence-corrected chi connectivity index (χ2v) is 9.84. The number of pyridine rings is 1. The number of likely N-dealkylation sites (tertiary alicyclic amines) is 1. The molecule has 1 fully saturated rings. The Morgan fingerprint density at radius 1 is 1.19 bits per heavy atom. The average Bonchev–Trinajstić information content (AvgIpc) is 2.99. The number of rotatable bonds is 3. The first kappa shape index (κ1) is 22.6. The minimum Gasteiger partial charge on any atom is -0.465 e. The first-order chi connectivity index (χ1) is 14.9. The number of carboxylic acid groups (broad SMARTS) is 1. The molecule has 3 aromatic rings. The van der Waals surface area contributed by atoms with E-state index in [1.165, 1.54) is 29.2 Å². The van der Waals surface area contributed by atoms with Gasteiger partial charge in [-0.3, -0.25) is 0 Å². The fourth-order valence-electron chi connectivity index (χ4n) is 4.27. The quantitative estimate of drug-likeness (QED) is 0.434. The predicted octanol–water partition coefficient (Wildman–Crippen LogP) is 5.42. The van der Waals surface area contributed by atoms with Crippen molar-refractivity contribution in [3.8, 4) is 11.4 Å². The lowest BCUT2D eigenvalue weighted by atomic mass is 9.70. The topological polar surface area (TPSA) is 80.5 Å². The van der Waals surface area contributed by atoms with Crippen molar-refractivity contribution in [2.24, 2.45) is 5.41 Å². The minimum atomic E-state index is -4.77. The van der Waals surface area contributed by atoms with Crippen LogP contribution in [-0.4, -0.2) is 49.8 Å². The van der Waals surface area contributed by atoms with Crippen LogP contribution in [0.15, 0.2) is 36.5 Å². The number of hydrogen-bond donors (Lipinski definition) is 1. The largest absolute Gasteiger partial charge is 0.573 e. The summed E-state index contributed by atoms with van der Waals surface area (Å²) in [6, 6.07) is 6.97. The van der Waals surface area contributed by atoms with Crippen molar-refractivity contribution in [1.29, 1.82) is 0 Å². The Morgan fingerprint density at radius 3 is 2.41 bits per heavy atom. The average molecular weight is 560 g/mol. The van der Waals surface area contributed by atoms with Crippen LogP contribution in [0.25, 0.3) is 16.7 Å². The smallest absolute Gasteiger partial charge is 0.465 e. The van der Waals surface area contributed by atoms with Gasteiger partial charge >= 0.3 is 12.5 Å². The number of carbonyl (C=O) groups is 1. The molecule has 3 heterocycles. The van der Waals surface area contributed by atoms with Crippen molar-refractivity contribution < 1.29 is 27.8 Å². The summed E-state index contributed by atoms with van der Waals surface area (Å²) in [5.74, 6) is -0.468. The van der Waals surface area contributed by atoms with E-state index in [0.29, 0.717) is 17.9 Å². The van der Waals surface area contributed by atoms with Crippen molar-refractivity contribution in [2.75, 3.05) is 6.54 Å². The van der Waals surface area contributed by atoms with E-state index >= 15 is 0 Å². The highest BCUT2D eigenvalue weighted by Crippen LogP contribution is 2.46. The third kappa shape index (κ3) is 4.09. The molecule has 7 nitrogen and oxygen atoms in total. The normalized spacial score (nSPS) is 19.2. The zero-order chi connectivity index (χ0) is 23.4. The van der Waals surface area contributed by atoms with Crippen LogP contribution >= 0.6 is 22.6 Å². The lowest BCUT2D eigenvalue weighted by molar-refractivity contribution is -0.274. The third-order valence-corrected chi connectivity index (χ3v) is 6.35. The van der Waals surface area contributed by atoms with Gasteiger partial charge in [0.05, 0.1) is 22.8 Å². The van der Waals surface area contributed by atoms with Crippen LogP contribution in [0.3, 0.4) is 0 Å². The summed E-state index contributed by atoms with van der Waals surface area (Å²) in [5.41, 5.74) is 1.48. The Labute approximate surface area is 195 Å². The van der Waals surface area contributed by atoms with Gasteiger partial charge in [0, 0.05) is 22.2 Å². The lowest BCUT2D eigenvalue weighted by Crippen LogP contribution is -2.62. The summed E-state index contributed by atoms with van der Waals surface area (Å²) < 4.78 is 43.9. The molecule has 32 heavy (non-hydrogen) atoms. The van der Waals surface area contributed by atoms with E-state index in [1.807, 2.05) is 26.8 Å². The molecule has 1 saturated heterocycles. The van der Waals surface area contributed by atoms with Gasteiger partial charge in [0.1, 0.15) is 5.75 Å². The molecule has 0 spiro atoms. The SMILES string of the molecule is CC(C)(C)C1C(c2nn(-c3ccc(OC(F)(F)F)cc3)c3nccc(I)c23)CN1C(=O)O. The van der Waals surface area contributed by atoms with E-state index in [-0.39, 0.29) is 23.1 Å². The summed E-state index contributed by atoms with van der Waals surface area (Å²) in [6.07, 6.45) is -4.11. The highest BCUT2D eigenvalue weighted by molar-refractivity contribution is 14.1. The molecular formula is C21H20F3IN4O3. The summed E-state index contributed by atoms with van der Waals surface area (Å²) in [6.45, 7) is 6.28.